The minimum Gasteiger partial charge on any atom is -0.490 e. The molecule has 2 fully saturated rings. The number of aromatic nitrogens is 3. The Hall–Kier alpha value is -3.41. The van der Waals surface area contributed by atoms with Gasteiger partial charge in [-0.25, -0.2) is 18.1 Å². The van der Waals surface area contributed by atoms with Gasteiger partial charge in [0.25, 0.3) is 5.91 Å². The van der Waals surface area contributed by atoms with Crippen molar-refractivity contribution in [2.45, 2.75) is 81.2 Å². The lowest BCUT2D eigenvalue weighted by Crippen LogP contribution is -2.49. The number of halogens is 1. The minimum absolute atomic E-state index is 0.0647. The van der Waals surface area contributed by atoms with Gasteiger partial charge in [-0.05, 0) is 111 Å². The number of nitrogens with one attached hydrogen (secondary N) is 1. The fourth-order valence-electron chi connectivity index (χ4n) is 9.07. The molecule has 1 spiro atoms. The number of aryl methyl sites for hydroxylation is 2. The van der Waals surface area contributed by atoms with Crippen LogP contribution in [0.5, 0.6) is 5.75 Å². The molecule has 5 aliphatic rings. The molecule has 1 N–H and O–H groups in total. The fraction of sp³-hybridized carbons (Fsp3) is 0.541. The number of anilines is 1. The summed E-state index contributed by atoms with van der Waals surface area (Å²) in [6, 6.07) is 11.6. The predicted molar refractivity (Wildman–Crippen MR) is 187 cm³/mol. The molecule has 10 nitrogen and oxygen atoms in total. The van der Waals surface area contributed by atoms with Crippen LogP contribution in [-0.4, -0.2) is 60.1 Å². The van der Waals surface area contributed by atoms with Gasteiger partial charge in [0, 0.05) is 36.1 Å². The molecule has 2 bridgehead atoms. The van der Waals surface area contributed by atoms with E-state index in [0.29, 0.717) is 55.7 Å². The number of hydrogen-bond acceptors (Lipinski definition) is 8. The summed E-state index contributed by atoms with van der Waals surface area (Å²) in [5, 5.41) is 4.55. The van der Waals surface area contributed by atoms with E-state index in [9.17, 15) is 13.2 Å². The number of fused-ring (bicyclic) bond motifs is 5. The van der Waals surface area contributed by atoms with E-state index in [1.807, 2.05) is 25.2 Å². The molecule has 12 heteroatoms. The molecular formula is C37H44ClN5O5S. The van der Waals surface area contributed by atoms with Crippen molar-refractivity contribution in [2.24, 2.45) is 24.8 Å². The molecular weight excluding hydrogens is 662 g/mol. The number of amides is 1. The Labute approximate surface area is 293 Å². The van der Waals surface area contributed by atoms with E-state index in [2.05, 4.69) is 44.0 Å². The van der Waals surface area contributed by atoms with Gasteiger partial charge in [0.05, 0.1) is 23.6 Å². The normalized spacial score (nSPS) is 31.3. The number of hydrogen-bond donors (Lipinski definition) is 1. The van der Waals surface area contributed by atoms with Crippen molar-refractivity contribution >= 4 is 33.2 Å². The summed E-state index contributed by atoms with van der Waals surface area (Å²) >= 11 is 6.46. The molecule has 2 saturated carbocycles. The SMILES string of the molecule is Cn1cnc(CO[C@H]2/C=C/CC3CCC[C@@H]3S(=O)(=O)NC(=O)c3ccc4c(c3)N(C[C@@H]3CC[C@H]32)C[C@@]2(CCCc3cc(Cl)ccc32)CO4)n1. The third-order valence-electron chi connectivity index (χ3n) is 11.7. The Bertz CT molecular complexity index is 1880. The average molecular weight is 706 g/mol. The van der Waals surface area contributed by atoms with Gasteiger partial charge in [-0.3, -0.25) is 9.48 Å². The predicted octanol–water partition coefficient (Wildman–Crippen LogP) is 5.74. The molecule has 1 amide bonds. The molecule has 49 heavy (non-hydrogen) atoms. The quantitative estimate of drug-likeness (QED) is 0.343. The minimum atomic E-state index is -3.89. The lowest BCUT2D eigenvalue weighted by molar-refractivity contribution is -0.0249. The second-order valence-corrected chi connectivity index (χ2v) is 17.1. The van der Waals surface area contributed by atoms with Crippen LogP contribution < -0.4 is 14.4 Å². The van der Waals surface area contributed by atoms with Crippen molar-refractivity contribution in [3.8, 4) is 5.75 Å². The Balaban J connectivity index is 1.18. The highest BCUT2D eigenvalue weighted by atomic mass is 35.5. The topological polar surface area (TPSA) is 116 Å². The van der Waals surface area contributed by atoms with Crippen LogP contribution >= 0.6 is 11.6 Å². The van der Waals surface area contributed by atoms with Gasteiger partial charge < -0.3 is 14.4 Å². The maximum absolute atomic E-state index is 13.7. The average Bonchev–Trinajstić information content (AvgIpc) is 3.69. The van der Waals surface area contributed by atoms with Crippen molar-refractivity contribution < 1.29 is 22.7 Å². The molecule has 6 atom stereocenters. The maximum Gasteiger partial charge on any atom is 0.264 e. The zero-order valence-corrected chi connectivity index (χ0v) is 29.5. The van der Waals surface area contributed by atoms with Crippen molar-refractivity contribution in [1.29, 1.82) is 0 Å². The van der Waals surface area contributed by atoms with E-state index in [-0.39, 0.29) is 23.4 Å². The molecule has 3 aliphatic carbocycles. The summed E-state index contributed by atoms with van der Waals surface area (Å²) in [5.74, 6) is 1.30. The number of nitrogens with zero attached hydrogens (tertiary/aromatic N) is 4. The zero-order valence-electron chi connectivity index (χ0n) is 27.9. The van der Waals surface area contributed by atoms with E-state index in [1.165, 1.54) is 11.1 Å². The second-order valence-electron chi connectivity index (χ2n) is 14.8. The highest BCUT2D eigenvalue weighted by molar-refractivity contribution is 7.90. The van der Waals surface area contributed by atoms with Gasteiger partial charge in [-0.1, -0.05) is 36.2 Å². The summed E-state index contributed by atoms with van der Waals surface area (Å²) < 4.78 is 44.7. The lowest BCUT2D eigenvalue weighted by Gasteiger charge is -2.46. The molecule has 2 aromatic carbocycles. The third kappa shape index (κ3) is 6.38. The Morgan fingerprint density at radius 3 is 2.82 bits per heavy atom. The monoisotopic (exact) mass is 705 g/mol. The third-order valence-corrected chi connectivity index (χ3v) is 13.8. The Morgan fingerprint density at radius 1 is 1.10 bits per heavy atom. The van der Waals surface area contributed by atoms with E-state index in [0.717, 1.165) is 62.2 Å². The molecule has 1 aromatic heterocycles. The maximum atomic E-state index is 13.7. The number of sulfonamides is 1. The van der Waals surface area contributed by atoms with Crippen LogP contribution in [0, 0.1) is 17.8 Å². The standard InChI is InChI=1S/C37H44ClN5O5S/c1-42-23-39-35(40-42)20-47-32-8-2-5-24-6-3-9-34(24)49(45,46)41-36(44)26-11-15-33-31(18-26)43(19-27-10-13-29(27)32)21-37(22-48-33)16-4-7-25-17-28(38)12-14-30(25)37/h2,8,11-12,14-15,17-18,23-24,27,29,32,34H,3-7,9-10,13,16,19-22H2,1H3,(H,41,44)/b8-2+/t24?,27-,29+,32-,34-,37-/m0/s1. The first-order valence-electron chi connectivity index (χ1n) is 17.7. The van der Waals surface area contributed by atoms with E-state index in [4.69, 9.17) is 21.1 Å². The number of rotatable bonds is 3. The first-order valence-corrected chi connectivity index (χ1v) is 19.6. The Morgan fingerprint density at radius 2 is 2.00 bits per heavy atom. The molecule has 3 heterocycles. The number of ether oxygens (including phenoxy) is 2. The van der Waals surface area contributed by atoms with Crippen LogP contribution in [0.4, 0.5) is 5.69 Å². The van der Waals surface area contributed by atoms with Gasteiger partial charge >= 0.3 is 0 Å². The van der Waals surface area contributed by atoms with Gasteiger partial charge in [0.1, 0.15) is 18.7 Å². The van der Waals surface area contributed by atoms with Crippen LogP contribution in [0.2, 0.25) is 5.02 Å². The summed E-state index contributed by atoms with van der Waals surface area (Å²) in [6.45, 7) is 2.28. The summed E-state index contributed by atoms with van der Waals surface area (Å²) in [4.78, 5) is 20.4. The molecule has 0 saturated heterocycles. The van der Waals surface area contributed by atoms with E-state index >= 15 is 0 Å². The molecule has 0 radical (unpaired) electrons. The highest BCUT2D eigenvalue weighted by Gasteiger charge is 2.45. The van der Waals surface area contributed by atoms with E-state index < -0.39 is 21.2 Å². The Kier molecular flexibility index (Phi) is 8.73. The van der Waals surface area contributed by atoms with Gasteiger partial charge in [-0.2, -0.15) is 5.10 Å². The second kappa shape index (κ2) is 13.0. The first-order chi connectivity index (χ1) is 23.7. The van der Waals surface area contributed by atoms with Crippen LogP contribution in [0.3, 0.4) is 0 Å². The summed E-state index contributed by atoms with van der Waals surface area (Å²) in [6.07, 6.45) is 13.6. The number of carbonyl (C=O) groups excluding carboxylic acids is 1. The lowest BCUT2D eigenvalue weighted by atomic mass is 9.68. The molecule has 3 aromatic rings. The highest BCUT2D eigenvalue weighted by Crippen LogP contribution is 2.47. The largest absolute Gasteiger partial charge is 0.490 e. The molecule has 1 unspecified atom stereocenters. The zero-order chi connectivity index (χ0) is 33.8. The van der Waals surface area contributed by atoms with Crippen molar-refractivity contribution in [1.82, 2.24) is 19.5 Å². The number of benzene rings is 2. The van der Waals surface area contributed by atoms with Crippen LogP contribution in [-0.2, 0) is 40.3 Å². The molecule has 2 aliphatic heterocycles. The smallest absolute Gasteiger partial charge is 0.264 e. The van der Waals surface area contributed by atoms with Crippen molar-refractivity contribution in [3.63, 3.8) is 0 Å². The molecule has 260 valence electrons. The van der Waals surface area contributed by atoms with Gasteiger partial charge in [0.15, 0.2) is 5.82 Å². The first kappa shape index (κ1) is 32.8. The summed E-state index contributed by atoms with van der Waals surface area (Å²) in [7, 11) is -2.04. The van der Waals surface area contributed by atoms with Crippen molar-refractivity contribution in [3.05, 3.63) is 82.4 Å². The fourth-order valence-corrected chi connectivity index (χ4v) is 11.0. The van der Waals surface area contributed by atoms with Crippen LogP contribution in [0.1, 0.15) is 78.7 Å². The van der Waals surface area contributed by atoms with Crippen LogP contribution in [0.15, 0.2) is 54.9 Å². The van der Waals surface area contributed by atoms with Crippen LogP contribution in [0.25, 0.3) is 0 Å². The summed E-state index contributed by atoms with van der Waals surface area (Å²) in [5.41, 5.74) is 3.42. The van der Waals surface area contributed by atoms with Gasteiger partial charge in [-0.15, -0.1) is 0 Å². The number of carbonyl (C=O) groups is 1. The van der Waals surface area contributed by atoms with Crippen molar-refractivity contribution in [2.75, 3.05) is 24.6 Å². The number of allylic oxidation sites excluding steroid dienone is 1. The van der Waals surface area contributed by atoms with E-state index in [1.54, 1.807) is 17.1 Å². The molecule has 8 rings (SSSR count). The van der Waals surface area contributed by atoms with Gasteiger partial charge in [0.2, 0.25) is 10.0 Å².